The Morgan fingerprint density at radius 1 is 1.27 bits per heavy atom. The van der Waals surface area contributed by atoms with E-state index in [0.717, 1.165) is 11.8 Å². The van der Waals surface area contributed by atoms with Crippen LogP contribution in [0.5, 0.6) is 5.75 Å². The van der Waals surface area contributed by atoms with E-state index in [1.165, 1.54) is 19.1 Å². The molecule has 0 radical (unpaired) electrons. The van der Waals surface area contributed by atoms with Crippen molar-refractivity contribution in [1.29, 1.82) is 0 Å². The van der Waals surface area contributed by atoms with Crippen LogP contribution in [-0.4, -0.2) is 20.7 Å². The number of carbonyl (C=O) groups excluding carboxylic acids is 1. The highest BCUT2D eigenvalue weighted by Crippen LogP contribution is 2.25. The molecule has 0 amide bonds. The van der Waals surface area contributed by atoms with Crippen molar-refractivity contribution in [1.82, 2.24) is 9.78 Å². The number of benzene rings is 1. The maximum atomic E-state index is 12.3. The number of hydrogen-bond acceptors (Lipinski definition) is 5. The van der Waals surface area contributed by atoms with Crippen LogP contribution in [0.25, 0.3) is 11.8 Å². The quantitative estimate of drug-likeness (QED) is 0.559. The minimum absolute atomic E-state index is 0.219. The van der Waals surface area contributed by atoms with Gasteiger partial charge in [0.1, 0.15) is 22.2 Å². The molecular weight excluding hydrogens is 356 g/mol. The first kappa shape index (κ1) is 17.7. The molecule has 0 saturated carbocycles. The van der Waals surface area contributed by atoms with Crippen molar-refractivity contribution in [2.24, 2.45) is 0 Å². The molecule has 0 aliphatic carbocycles. The summed E-state index contributed by atoms with van der Waals surface area (Å²) in [4.78, 5) is 24.1. The smallest absolute Gasteiger partial charge is 0.351 e. The fourth-order valence-corrected chi connectivity index (χ4v) is 2.84. The van der Waals surface area contributed by atoms with E-state index in [1.807, 2.05) is 30.3 Å². The van der Waals surface area contributed by atoms with Gasteiger partial charge in [-0.2, -0.15) is 5.10 Å². The molecule has 3 aromatic rings. The Balaban J connectivity index is 1.96. The summed E-state index contributed by atoms with van der Waals surface area (Å²) in [5.74, 6) is -0.883. The molecule has 0 unspecified atom stereocenters. The van der Waals surface area contributed by atoms with E-state index in [2.05, 4.69) is 5.10 Å². The molecule has 2 heterocycles. The summed E-state index contributed by atoms with van der Waals surface area (Å²) in [6, 6.07) is 10.5. The monoisotopic (exact) mass is 370 g/mol. The molecule has 2 aromatic heterocycles. The summed E-state index contributed by atoms with van der Waals surface area (Å²) in [5.41, 5.74) is 0.627. The van der Waals surface area contributed by atoms with E-state index in [9.17, 15) is 14.7 Å². The van der Waals surface area contributed by atoms with E-state index in [1.54, 1.807) is 11.6 Å². The molecular formula is C19H15ClN2O4. The molecule has 6 nitrogen and oxygen atoms in total. The highest BCUT2D eigenvalue weighted by molar-refractivity contribution is 6.31. The summed E-state index contributed by atoms with van der Waals surface area (Å²) >= 11 is 6.39. The average molecular weight is 371 g/mol. The zero-order chi connectivity index (χ0) is 18.8. The van der Waals surface area contributed by atoms with Gasteiger partial charge in [-0.15, -0.1) is 0 Å². The number of aromatic nitrogens is 2. The number of para-hydroxylation sites is 1. The van der Waals surface area contributed by atoms with Crippen LogP contribution >= 0.6 is 11.6 Å². The standard InChI is InChI=1S/C19H15ClN2O4/c1-11-10-16(24)17(19(25)26-11)15(23)9-8-14-12(2)21-22(18(14)20)13-6-4-3-5-7-13/h3-10,24H,1-2H3/b9-8+. The van der Waals surface area contributed by atoms with Gasteiger partial charge in [0.05, 0.1) is 11.4 Å². The Labute approximate surface area is 154 Å². The first-order valence-electron chi connectivity index (χ1n) is 7.75. The second kappa shape index (κ2) is 7.01. The Morgan fingerprint density at radius 2 is 1.96 bits per heavy atom. The van der Waals surface area contributed by atoms with Crippen LogP contribution in [0, 0.1) is 13.8 Å². The molecule has 1 aromatic carbocycles. The molecule has 0 aliphatic heterocycles. The lowest BCUT2D eigenvalue weighted by Gasteiger charge is -2.02. The Hall–Kier alpha value is -3.12. The predicted molar refractivity (Wildman–Crippen MR) is 98.1 cm³/mol. The molecule has 1 N–H and O–H groups in total. The van der Waals surface area contributed by atoms with Crippen molar-refractivity contribution in [2.75, 3.05) is 0 Å². The van der Waals surface area contributed by atoms with Crippen molar-refractivity contribution < 1.29 is 14.3 Å². The van der Waals surface area contributed by atoms with Crippen LogP contribution < -0.4 is 5.63 Å². The van der Waals surface area contributed by atoms with Crippen molar-refractivity contribution >= 4 is 23.5 Å². The fraction of sp³-hybridized carbons (Fsp3) is 0.105. The molecule has 0 atom stereocenters. The van der Waals surface area contributed by atoms with Gasteiger partial charge in [0.2, 0.25) is 0 Å². The molecule has 0 aliphatic rings. The van der Waals surface area contributed by atoms with Gasteiger partial charge in [0.25, 0.3) is 0 Å². The van der Waals surface area contributed by atoms with E-state index in [4.69, 9.17) is 16.0 Å². The van der Waals surface area contributed by atoms with E-state index < -0.39 is 22.7 Å². The Bertz CT molecular complexity index is 1070. The van der Waals surface area contributed by atoms with Gasteiger partial charge in [0.15, 0.2) is 5.78 Å². The molecule has 0 fully saturated rings. The van der Waals surface area contributed by atoms with E-state index >= 15 is 0 Å². The van der Waals surface area contributed by atoms with Crippen LogP contribution in [0.1, 0.15) is 27.4 Å². The minimum Gasteiger partial charge on any atom is -0.507 e. The Morgan fingerprint density at radius 3 is 2.62 bits per heavy atom. The summed E-state index contributed by atoms with van der Waals surface area (Å²) in [6.45, 7) is 3.26. The zero-order valence-corrected chi connectivity index (χ0v) is 14.8. The third-order valence-electron chi connectivity index (χ3n) is 3.75. The van der Waals surface area contributed by atoms with E-state index in [0.29, 0.717) is 16.4 Å². The molecule has 7 heteroatoms. The molecule has 0 bridgehead atoms. The summed E-state index contributed by atoms with van der Waals surface area (Å²) in [7, 11) is 0. The van der Waals surface area contributed by atoms with Crippen LogP contribution in [0.2, 0.25) is 5.15 Å². The van der Waals surface area contributed by atoms with Crippen LogP contribution in [0.15, 0.2) is 51.7 Å². The lowest BCUT2D eigenvalue weighted by molar-refractivity contribution is 0.104. The average Bonchev–Trinajstić information content (AvgIpc) is 2.87. The zero-order valence-electron chi connectivity index (χ0n) is 14.1. The number of rotatable bonds is 4. The SMILES string of the molecule is Cc1cc(O)c(C(=O)/C=C/c2c(C)nn(-c3ccccc3)c2Cl)c(=O)o1. The molecule has 132 valence electrons. The maximum Gasteiger partial charge on any atom is 0.351 e. The lowest BCUT2D eigenvalue weighted by atomic mass is 10.1. The summed E-state index contributed by atoms with van der Waals surface area (Å²) in [6.07, 6.45) is 2.62. The molecule has 26 heavy (non-hydrogen) atoms. The van der Waals surface area contributed by atoms with Gasteiger partial charge in [-0.3, -0.25) is 4.79 Å². The number of halogens is 1. The third-order valence-corrected chi connectivity index (χ3v) is 4.11. The largest absolute Gasteiger partial charge is 0.507 e. The molecule has 0 spiro atoms. The van der Waals surface area contributed by atoms with Crippen molar-refractivity contribution in [2.45, 2.75) is 13.8 Å². The van der Waals surface area contributed by atoms with Crippen LogP contribution in [0.3, 0.4) is 0 Å². The maximum absolute atomic E-state index is 12.3. The van der Waals surface area contributed by atoms with Crippen LogP contribution in [-0.2, 0) is 0 Å². The summed E-state index contributed by atoms with van der Waals surface area (Å²) < 4.78 is 6.41. The van der Waals surface area contributed by atoms with Crippen molar-refractivity contribution in [3.63, 3.8) is 0 Å². The van der Waals surface area contributed by atoms with Gasteiger partial charge < -0.3 is 9.52 Å². The number of aryl methyl sites for hydroxylation is 2. The second-order valence-corrected chi connectivity index (χ2v) is 6.00. The van der Waals surface area contributed by atoms with Gasteiger partial charge >= 0.3 is 5.63 Å². The number of ketones is 1. The fourth-order valence-electron chi connectivity index (χ4n) is 2.51. The van der Waals surface area contributed by atoms with Gasteiger partial charge in [0, 0.05) is 11.6 Å². The second-order valence-electron chi connectivity index (χ2n) is 5.64. The van der Waals surface area contributed by atoms with Crippen LogP contribution in [0.4, 0.5) is 0 Å². The third kappa shape index (κ3) is 3.32. The highest BCUT2D eigenvalue weighted by atomic mass is 35.5. The normalized spacial score (nSPS) is 11.2. The topological polar surface area (TPSA) is 85.3 Å². The number of aromatic hydroxyl groups is 1. The lowest BCUT2D eigenvalue weighted by Crippen LogP contribution is -2.12. The number of nitrogens with zero attached hydrogens (tertiary/aromatic N) is 2. The number of hydrogen-bond donors (Lipinski definition) is 1. The van der Waals surface area contributed by atoms with Crippen molar-refractivity contribution in [3.05, 3.63) is 80.6 Å². The number of allylic oxidation sites excluding steroid dienone is 1. The predicted octanol–water partition coefficient (Wildman–Crippen LogP) is 3.70. The van der Waals surface area contributed by atoms with Gasteiger partial charge in [-0.25, -0.2) is 9.48 Å². The number of carbonyl (C=O) groups is 1. The Kier molecular flexibility index (Phi) is 4.77. The molecule has 3 rings (SSSR count). The van der Waals surface area contributed by atoms with Crippen molar-refractivity contribution in [3.8, 4) is 11.4 Å². The van der Waals surface area contributed by atoms with Gasteiger partial charge in [-0.05, 0) is 38.1 Å². The van der Waals surface area contributed by atoms with Gasteiger partial charge in [-0.1, -0.05) is 29.8 Å². The first-order chi connectivity index (χ1) is 12.4. The summed E-state index contributed by atoms with van der Waals surface area (Å²) in [5, 5.41) is 14.5. The molecule has 0 saturated heterocycles. The highest BCUT2D eigenvalue weighted by Gasteiger charge is 2.17. The minimum atomic E-state index is -0.889. The first-order valence-corrected chi connectivity index (χ1v) is 8.13. The van der Waals surface area contributed by atoms with E-state index in [-0.39, 0.29) is 5.76 Å².